The van der Waals surface area contributed by atoms with Gasteiger partial charge in [-0.3, -0.25) is 4.79 Å². The number of halogens is 2. The Morgan fingerprint density at radius 1 is 1.17 bits per heavy atom. The number of nitriles is 1. The smallest absolute Gasteiger partial charge is 0.339 e. The van der Waals surface area contributed by atoms with E-state index in [0.29, 0.717) is 11.3 Å². The van der Waals surface area contributed by atoms with Crippen molar-refractivity contribution in [3.8, 4) is 17.6 Å². The third kappa shape index (κ3) is 7.06. The van der Waals surface area contributed by atoms with Gasteiger partial charge in [-0.25, -0.2) is 0 Å². The molecule has 3 aromatic rings. The van der Waals surface area contributed by atoms with E-state index in [9.17, 15) is 18.5 Å². The van der Waals surface area contributed by atoms with E-state index >= 15 is 0 Å². The van der Waals surface area contributed by atoms with Crippen molar-refractivity contribution in [3.63, 3.8) is 0 Å². The molecule has 0 aliphatic heterocycles. The van der Waals surface area contributed by atoms with Crippen LogP contribution in [0.4, 0.5) is 5.69 Å². The lowest BCUT2D eigenvalue weighted by molar-refractivity contribution is -0.112. The Hall–Kier alpha value is -2.88. The largest absolute Gasteiger partial charge is 0.490 e. The second-order valence-corrected chi connectivity index (χ2v) is 10.9. The van der Waals surface area contributed by atoms with Crippen molar-refractivity contribution < 1.29 is 22.1 Å². The van der Waals surface area contributed by atoms with Crippen LogP contribution >= 0.6 is 38.5 Å². The fraction of sp³-hybridized carbons (Fsp3) is 0.120. The number of anilines is 1. The zero-order valence-electron chi connectivity index (χ0n) is 18.7. The van der Waals surface area contributed by atoms with Crippen molar-refractivity contribution in [2.45, 2.75) is 18.7 Å². The summed E-state index contributed by atoms with van der Waals surface area (Å²) in [5, 5.41) is 12.2. The molecule has 3 aromatic carbocycles. The highest BCUT2D eigenvalue weighted by Crippen LogP contribution is 2.39. The number of hydrogen-bond acceptors (Lipinski definition) is 6. The molecule has 0 aliphatic carbocycles. The van der Waals surface area contributed by atoms with Crippen LogP contribution in [0.3, 0.4) is 0 Å². The maximum absolute atomic E-state index is 12.8. The van der Waals surface area contributed by atoms with E-state index in [0.717, 1.165) is 9.13 Å². The van der Waals surface area contributed by atoms with Crippen LogP contribution < -0.4 is 14.2 Å². The van der Waals surface area contributed by atoms with Crippen LogP contribution in [-0.2, 0) is 14.9 Å². The lowest BCUT2D eigenvalue weighted by atomic mass is 10.1. The third-order valence-corrected chi connectivity index (χ3v) is 7.09. The molecule has 0 atom stereocenters. The van der Waals surface area contributed by atoms with Crippen molar-refractivity contribution in [2.24, 2.45) is 0 Å². The maximum Gasteiger partial charge on any atom is 0.339 e. The first-order valence-electron chi connectivity index (χ1n) is 10.3. The van der Waals surface area contributed by atoms with E-state index in [1.165, 1.54) is 24.3 Å². The van der Waals surface area contributed by atoms with Crippen molar-refractivity contribution in [1.82, 2.24) is 0 Å². The number of rotatable bonds is 8. The summed E-state index contributed by atoms with van der Waals surface area (Å²) in [6, 6.07) is 18.4. The Morgan fingerprint density at radius 3 is 2.51 bits per heavy atom. The molecule has 10 heteroatoms. The molecule has 0 fully saturated rings. The summed E-state index contributed by atoms with van der Waals surface area (Å²) >= 11 is 5.46. The van der Waals surface area contributed by atoms with Gasteiger partial charge in [-0.1, -0.05) is 23.8 Å². The summed E-state index contributed by atoms with van der Waals surface area (Å²) < 4.78 is 37.8. The van der Waals surface area contributed by atoms with Gasteiger partial charge in [-0.15, -0.1) is 0 Å². The molecule has 0 saturated heterocycles. The van der Waals surface area contributed by atoms with Crippen LogP contribution in [0.1, 0.15) is 18.1 Å². The quantitative estimate of drug-likeness (QED) is 0.135. The maximum atomic E-state index is 12.8. The Morgan fingerprint density at radius 2 is 1.89 bits per heavy atom. The van der Waals surface area contributed by atoms with Gasteiger partial charge in [0.1, 0.15) is 16.5 Å². The molecule has 0 aliphatic rings. The number of benzene rings is 3. The van der Waals surface area contributed by atoms with Gasteiger partial charge in [0.25, 0.3) is 5.91 Å². The van der Waals surface area contributed by atoms with Crippen molar-refractivity contribution in [2.75, 3.05) is 11.9 Å². The Bertz CT molecular complexity index is 1430. The number of amides is 1. The van der Waals surface area contributed by atoms with E-state index < -0.39 is 16.0 Å². The van der Waals surface area contributed by atoms with Crippen LogP contribution in [-0.4, -0.2) is 20.9 Å². The monoisotopic (exact) mass is 666 g/mol. The molecule has 35 heavy (non-hydrogen) atoms. The van der Waals surface area contributed by atoms with Crippen molar-refractivity contribution >= 4 is 66.3 Å². The highest BCUT2D eigenvalue weighted by atomic mass is 127. The van der Waals surface area contributed by atoms with Crippen LogP contribution in [0, 0.1) is 21.8 Å². The number of nitrogens with one attached hydrogen (secondary N) is 1. The Kier molecular flexibility index (Phi) is 8.93. The molecule has 1 amide bonds. The lowest BCUT2D eigenvalue weighted by Crippen LogP contribution is -2.13. The normalized spacial score (nSPS) is 11.5. The fourth-order valence-corrected chi connectivity index (χ4v) is 5.11. The molecule has 0 aromatic heterocycles. The van der Waals surface area contributed by atoms with Gasteiger partial charge in [0, 0.05) is 9.26 Å². The highest BCUT2D eigenvalue weighted by molar-refractivity contribution is 14.1. The molecule has 0 unspecified atom stereocenters. The fourth-order valence-electron chi connectivity index (χ4n) is 2.96. The van der Waals surface area contributed by atoms with Gasteiger partial charge >= 0.3 is 10.1 Å². The van der Waals surface area contributed by atoms with Crippen molar-refractivity contribution in [1.29, 1.82) is 5.26 Å². The Balaban J connectivity index is 1.94. The molecule has 0 radical (unpaired) electrons. The van der Waals surface area contributed by atoms with Gasteiger partial charge in [0.2, 0.25) is 0 Å². The second kappa shape index (κ2) is 11.7. The van der Waals surface area contributed by atoms with Gasteiger partial charge in [0.05, 0.1) is 11.1 Å². The van der Waals surface area contributed by atoms with E-state index in [-0.39, 0.29) is 33.0 Å². The van der Waals surface area contributed by atoms with Gasteiger partial charge in [-0.2, -0.15) is 13.7 Å². The molecule has 0 heterocycles. The average molecular weight is 667 g/mol. The SMILES string of the molecule is CCOc1cc(/C=C(\C#N)C(=O)Nc2cccc(I)c2)cc(Br)c1OS(=O)(=O)c1ccc(C)cc1. The zero-order chi connectivity index (χ0) is 25.6. The molecule has 180 valence electrons. The molecular formula is C25H20BrIN2O5S. The van der Waals surface area contributed by atoms with Crippen LogP contribution in [0.25, 0.3) is 6.08 Å². The van der Waals surface area contributed by atoms with Gasteiger partial charge in [-0.05, 0) is 106 Å². The number of aryl methyl sites for hydroxylation is 1. The molecule has 7 nitrogen and oxygen atoms in total. The topological polar surface area (TPSA) is 105 Å². The summed E-state index contributed by atoms with van der Waals surface area (Å²) in [5.74, 6) is -0.476. The lowest BCUT2D eigenvalue weighted by Gasteiger charge is -2.15. The standard InChI is InChI=1S/C25H20BrIN2O5S/c1-3-33-23-13-17(11-18(15-28)25(30)29-20-6-4-5-19(27)14-20)12-22(26)24(23)34-35(31,32)21-9-7-16(2)8-10-21/h4-14H,3H2,1-2H3,(H,29,30)/b18-11+. The molecule has 0 saturated carbocycles. The summed E-state index contributed by atoms with van der Waals surface area (Å²) in [6.07, 6.45) is 1.38. The summed E-state index contributed by atoms with van der Waals surface area (Å²) in [5.41, 5.74) is 1.77. The molecule has 0 spiro atoms. The van der Waals surface area contributed by atoms with Crippen LogP contribution in [0.5, 0.6) is 11.5 Å². The highest BCUT2D eigenvalue weighted by Gasteiger charge is 2.22. The van der Waals surface area contributed by atoms with E-state index in [2.05, 4.69) is 43.8 Å². The number of carbonyl (C=O) groups excluding carboxylic acids is 1. The second-order valence-electron chi connectivity index (χ2n) is 7.25. The first kappa shape index (κ1) is 26.7. The van der Waals surface area contributed by atoms with E-state index in [1.807, 2.05) is 19.1 Å². The minimum atomic E-state index is -4.13. The first-order chi connectivity index (χ1) is 16.6. The predicted molar refractivity (Wildman–Crippen MR) is 146 cm³/mol. The van der Waals surface area contributed by atoms with E-state index in [4.69, 9.17) is 8.92 Å². The Labute approximate surface area is 226 Å². The minimum absolute atomic E-state index is 0.000399. The zero-order valence-corrected chi connectivity index (χ0v) is 23.3. The van der Waals surface area contributed by atoms with Gasteiger partial charge in [0.15, 0.2) is 11.5 Å². The molecular weight excluding hydrogens is 647 g/mol. The predicted octanol–water partition coefficient (Wildman–Crippen LogP) is 6.07. The van der Waals surface area contributed by atoms with E-state index in [1.54, 1.807) is 43.3 Å². The van der Waals surface area contributed by atoms with Crippen molar-refractivity contribution in [3.05, 3.63) is 85.4 Å². The molecule has 0 bridgehead atoms. The average Bonchev–Trinajstić information content (AvgIpc) is 2.80. The van der Waals surface area contributed by atoms with Gasteiger partial charge < -0.3 is 14.2 Å². The van der Waals surface area contributed by atoms with Crippen LogP contribution in [0.2, 0.25) is 0 Å². The molecule has 3 rings (SSSR count). The van der Waals surface area contributed by atoms with Crippen LogP contribution in [0.15, 0.2) is 75.6 Å². The number of nitrogens with zero attached hydrogens (tertiary/aromatic N) is 1. The molecule has 1 N–H and O–H groups in total. The summed E-state index contributed by atoms with van der Waals surface area (Å²) in [4.78, 5) is 12.6. The summed E-state index contributed by atoms with van der Waals surface area (Å²) in [6.45, 7) is 3.83. The third-order valence-electron chi connectivity index (χ3n) is 4.59. The number of hydrogen-bond donors (Lipinski definition) is 1. The number of carbonyl (C=O) groups is 1. The first-order valence-corrected chi connectivity index (χ1v) is 13.6. The minimum Gasteiger partial charge on any atom is -0.490 e. The summed E-state index contributed by atoms with van der Waals surface area (Å²) in [7, 11) is -4.13. The number of ether oxygens (including phenoxy) is 1.